The van der Waals surface area contributed by atoms with Crippen molar-refractivity contribution in [1.29, 1.82) is 0 Å². The largest absolute Gasteiger partial charge is 0.342 e. The molecule has 2 aromatic heterocycles. The van der Waals surface area contributed by atoms with Crippen molar-refractivity contribution in [3.8, 4) is 11.3 Å². The molecule has 0 aliphatic rings. The van der Waals surface area contributed by atoms with Gasteiger partial charge >= 0.3 is 0 Å². The number of carbonyl (C=O) groups is 1. The van der Waals surface area contributed by atoms with Crippen LogP contribution in [-0.4, -0.2) is 27.4 Å². The number of hydrazone groups is 1. The van der Waals surface area contributed by atoms with Gasteiger partial charge in [0.25, 0.3) is 5.91 Å². The van der Waals surface area contributed by atoms with Gasteiger partial charge in [0.2, 0.25) is 0 Å². The van der Waals surface area contributed by atoms with Crippen molar-refractivity contribution in [2.75, 3.05) is 5.75 Å². The summed E-state index contributed by atoms with van der Waals surface area (Å²) in [5.41, 5.74) is 7.97. The van der Waals surface area contributed by atoms with Crippen LogP contribution >= 0.6 is 23.1 Å². The highest BCUT2D eigenvalue weighted by molar-refractivity contribution is 8.01. The summed E-state index contributed by atoms with van der Waals surface area (Å²) in [7, 11) is 0. The topological polar surface area (TPSA) is 59.3 Å². The van der Waals surface area contributed by atoms with Crippen molar-refractivity contribution in [3.05, 3.63) is 108 Å². The lowest BCUT2D eigenvalue weighted by Crippen LogP contribution is -2.19. The molecule has 5 aromatic rings. The van der Waals surface area contributed by atoms with Crippen LogP contribution in [0.15, 0.2) is 106 Å². The zero-order valence-corrected chi connectivity index (χ0v) is 19.9. The molecule has 0 saturated carbocycles. The Kier molecular flexibility index (Phi) is 6.84. The molecule has 1 amide bonds. The Balaban J connectivity index is 1.21. The number of nitrogens with zero attached hydrogens (tertiary/aromatic N) is 3. The van der Waals surface area contributed by atoms with Crippen molar-refractivity contribution in [1.82, 2.24) is 15.0 Å². The number of para-hydroxylation sites is 1. The Hall–Kier alpha value is -3.68. The Bertz CT molecular complexity index is 1430. The summed E-state index contributed by atoms with van der Waals surface area (Å²) in [6, 6.07) is 28.6. The van der Waals surface area contributed by atoms with E-state index < -0.39 is 0 Å². The first kappa shape index (κ1) is 22.1. The molecule has 5 nitrogen and oxygen atoms in total. The molecule has 7 heteroatoms. The minimum atomic E-state index is -0.161. The van der Waals surface area contributed by atoms with Crippen LogP contribution in [0.5, 0.6) is 0 Å². The number of fused-ring (bicyclic) bond motifs is 1. The van der Waals surface area contributed by atoms with Crippen LogP contribution in [0, 0.1) is 0 Å². The Morgan fingerprint density at radius 3 is 2.56 bits per heavy atom. The summed E-state index contributed by atoms with van der Waals surface area (Å²) in [6.07, 6.45) is 3.78. The highest BCUT2D eigenvalue weighted by Crippen LogP contribution is 2.28. The van der Waals surface area contributed by atoms with Gasteiger partial charge in [0.05, 0.1) is 17.7 Å². The fourth-order valence-electron chi connectivity index (χ4n) is 3.69. The first-order valence-electron chi connectivity index (χ1n) is 10.8. The summed E-state index contributed by atoms with van der Waals surface area (Å²) in [6.45, 7) is 0.775. The summed E-state index contributed by atoms with van der Waals surface area (Å²) in [4.78, 5) is 16.9. The van der Waals surface area contributed by atoms with Gasteiger partial charge in [-0.15, -0.1) is 11.3 Å². The van der Waals surface area contributed by atoms with E-state index in [9.17, 15) is 4.79 Å². The van der Waals surface area contributed by atoms with E-state index in [4.69, 9.17) is 0 Å². The van der Waals surface area contributed by atoms with Gasteiger partial charge in [-0.3, -0.25) is 4.79 Å². The van der Waals surface area contributed by atoms with Crippen LogP contribution in [0.1, 0.15) is 11.1 Å². The van der Waals surface area contributed by atoms with Gasteiger partial charge in [0.15, 0.2) is 4.34 Å². The summed E-state index contributed by atoms with van der Waals surface area (Å²) in [5, 5.41) is 7.32. The first-order valence-corrected chi connectivity index (χ1v) is 12.7. The number of carbonyl (C=O) groups excluding carboxylic acids is 1. The lowest BCUT2D eigenvalue weighted by molar-refractivity contribution is -0.118. The maximum absolute atomic E-state index is 12.3. The van der Waals surface area contributed by atoms with E-state index in [-0.39, 0.29) is 11.7 Å². The zero-order valence-electron chi connectivity index (χ0n) is 18.3. The monoisotopic (exact) mass is 482 g/mol. The van der Waals surface area contributed by atoms with Crippen LogP contribution in [-0.2, 0) is 11.3 Å². The number of amides is 1. The Labute approximate surface area is 206 Å². The van der Waals surface area contributed by atoms with E-state index in [1.54, 1.807) is 17.6 Å². The van der Waals surface area contributed by atoms with Gasteiger partial charge in [-0.2, -0.15) is 5.10 Å². The van der Waals surface area contributed by atoms with Gasteiger partial charge < -0.3 is 4.57 Å². The maximum atomic E-state index is 12.3. The van der Waals surface area contributed by atoms with E-state index >= 15 is 0 Å². The van der Waals surface area contributed by atoms with E-state index in [0.717, 1.165) is 38.6 Å². The Morgan fingerprint density at radius 2 is 1.74 bits per heavy atom. The number of hydrogen-bond acceptors (Lipinski definition) is 5. The number of rotatable bonds is 8. The fraction of sp³-hybridized carbons (Fsp3) is 0.0741. The molecule has 0 atom stereocenters. The normalized spacial score (nSPS) is 11.3. The molecule has 0 fully saturated rings. The second-order valence-electron chi connectivity index (χ2n) is 7.66. The van der Waals surface area contributed by atoms with Crippen molar-refractivity contribution in [3.63, 3.8) is 0 Å². The highest BCUT2D eigenvalue weighted by Gasteiger charge is 2.09. The fourth-order valence-corrected chi connectivity index (χ4v) is 5.32. The predicted molar refractivity (Wildman–Crippen MR) is 141 cm³/mol. The minimum absolute atomic E-state index is 0.161. The molecule has 0 aliphatic carbocycles. The average Bonchev–Trinajstić information content (AvgIpc) is 3.50. The standard InChI is InChI=1S/C27H22N4OS2/c32-26(19-34-27-29-24(18-33-27)21-11-5-2-6-12-21)30-28-15-22-17-31(16-20-9-3-1-4-10-20)25-14-8-7-13-23(22)25/h1-15,17-18H,16,19H2,(H,30,32)/b28-15+. The number of nitrogens with one attached hydrogen (secondary N) is 1. The molecule has 168 valence electrons. The third-order valence-corrected chi connectivity index (χ3v) is 7.31. The van der Waals surface area contributed by atoms with Crippen molar-refractivity contribution < 1.29 is 4.79 Å². The lowest BCUT2D eigenvalue weighted by atomic mass is 10.2. The summed E-state index contributed by atoms with van der Waals surface area (Å²) in [5.74, 6) is 0.0974. The smallest absolute Gasteiger partial charge is 0.250 e. The third kappa shape index (κ3) is 5.27. The molecule has 1 N–H and O–H groups in total. The number of aromatic nitrogens is 2. The molecule has 0 spiro atoms. The van der Waals surface area contributed by atoms with Crippen LogP contribution in [0.25, 0.3) is 22.2 Å². The minimum Gasteiger partial charge on any atom is -0.342 e. The van der Waals surface area contributed by atoms with Crippen LogP contribution in [0.4, 0.5) is 0 Å². The Morgan fingerprint density at radius 1 is 1.00 bits per heavy atom. The lowest BCUT2D eigenvalue weighted by Gasteiger charge is -2.05. The zero-order chi connectivity index (χ0) is 23.2. The first-order chi connectivity index (χ1) is 16.8. The van der Waals surface area contributed by atoms with E-state index in [2.05, 4.69) is 50.5 Å². The molecular formula is C27H22N4OS2. The van der Waals surface area contributed by atoms with Crippen molar-refractivity contribution in [2.24, 2.45) is 5.10 Å². The molecule has 0 aliphatic heterocycles. The molecule has 0 radical (unpaired) electrons. The summed E-state index contributed by atoms with van der Waals surface area (Å²) < 4.78 is 3.07. The molecule has 0 saturated heterocycles. The van der Waals surface area contributed by atoms with Gasteiger partial charge in [-0.1, -0.05) is 90.6 Å². The highest BCUT2D eigenvalue weighted by atomic mass is 32.2. The van der Waals surface area contributed by atoms with Crippen LogP contribution in [0.3, 0.4) is 0 Å². The van der Waals surface area contributed by atoms with Gasteiger partial charge in [-0.05, 0) is 11.6 Å². The quantitative estimate of drug-likeness (QED) is 0.166. The van der Waals surface area contributed by atoms with Crippen molar-refractivity contribution >= 4 is 46.1 Å². The third-order valence-electron chi connectivity index (χ3n) is 5.29. The van der Waals surface area contributed by atoms with Gasteiger partial charge in [0.1, 0.15) is 0 Å². The van der Waals surface area contributed by atoms with Gasteiger partial charge in [0, 0.05) is 40.2 Å². The average molecular weight is 483 g/mol. The number of thioether (sulfide) groups is 1. The molecule has 0 bridgehead atoms. The molecule has 0 unspecified atom stereocenters. The second kappa shape index (κ2) is 10.5. The molecular weight excluding hydrogens is 460 g/mol. The van der Waals surface area contributed by atoms with Gasteiger partial charge in [-0.25, -0.2) is 10.4 Å². The molecule has 34 heavy (non-hydrogen) atoms. The summed E-state index contributed by atoms with van der Waals surface area (Å²) >= 11 is 2.96. The van der Waals surface area contributed by atoms with E-state index in [1.165, 1.54) is 17.3 Å². The van der Waals surface area contributed by atoms with Crippen molar-refractivity contribution in [2.45, 2.75) is 10.9 Å². The van der Waals surface area contributed by atoms with Crippen LogP contribution < -0.4 is 5.43 Å². The number of hydrogen-bond donors (Lipinski definition) is 1. The second-order valence-corrected chi connectivity index (χ2v) is 9.74. The predicted octanol–water partition coefficient (Wildman–Crippen LogP) is 6.06. The SMILES string of the molecule is O=C(CSc1nc(-c2ccccc2)cs1)N/N=C/c1cn(Cc2ccccc2)c2ccccc12. The van der Waals surface area contributed by atoms with Crippen LogP contribution in [0.2, 0.25) is 0 Å². The van der Waals surface area contributed by atoms with E-state index in [0.29, 0.717) is 0 Å². The van der Waals surface area contributed by atoms with E-state index in [1.807, 2.05) is 66.0 Å². The molecule has 5 rings (SSSR count). The number of thiazole rings is 1. The molecule has 3 aromatic carbocycles. The number of benzene rings is 3. The maximum Gasteiger partial charge on any atom is 0.250 e. The molecule has 2 heterocycles.